The van der Waals surface area contributed by atoms with Crippen LogP contribution in [0.15, 0.2) is 21.3 Å². The molecule has 0 bridgehead atoms. The van der Waals surface area contributed by atoms with Gasteiger partial charge in [0, 0.05) is 19.3 Å². The Labute approximate surface area is 101 Å². The maximum Gasteiger partial charge on any atom is 0.336 e. The summed E-state index contributed by atoms with van der Waals surface area (Å²) in [6.07, 6.45) is 0. The molecular weight excluding hydrogens is 243 g/mol. The van der Waals surface area contributed by atoms with Gasteiger partial charge < -0.3 is 13.9 Å². The molecular formula is C11H15O5P. The highest BCUT2D eigenvalue weighted by molar-refractivity contribution is 7.24. The lowest BCUT2D eigenvalue weighted by atomic mass is 10.2. The van der Waals surface area contributed by atoms with Crippen LogP contribution in [0.4, 0.5) is 0 Å². The number of hydrogen-bond acceptors (Lipinski definition) is 5. The molecule has 5 nitrogen and oxygen atoms in total. The van der Waals surface area contributed by atoms with E-state index in [1.54, 1.807) is 26.8 Å². The Balaban J connectivity index is 3.28. The van der Waals surface area contributed by atoms with Gasteiger partial charge >= 0.3 is 11.2 Å². The van der Waals surface area contributed by atoms with Crippen LogP contribution >= 0.6 is 8.46 Å². The minimum absolute atomic E-state index is 0.114. The first-order valence-electron chi connectivity index (χ1n) is 5.32. The van der Waals surface area contributed by atoms with Crippen LogP contribution in [0.2, 0.25) is 0 Å². The number of rotatable bonds is 6. The van der Waals surface area contributed by atoms with E-state index in [1.165, 1.54) is 6.07 Å². The van der Waals surface area contributed by atoms with Crippen molar-refractivity contribution in [3.8, 4) is 0 Å². The topological polar surface area (TPSA) is 65.7 Å². The lowest BCUT2D eigenvalue weighted by molar-refractivity contribution is -0.188. The summed E-state index contributed by atoms with van der Waals surface area (Å²) >= 11 is 0. The fourth-order valence-corrected chi connectivity index (χ4v) is 1.99. The van der Waals surface area contributed by atoms with Gasteiger partial charge in [0.2, 0.25) is 8.46 Å². The zero-order valence-electron chi connectivity index (χ0n) is 10.1. The summed E-state index contributed by atoms with van der Waals surface area (Å²) in [5.74, 6) is 0.114. The van der Waals surface area contributed by atoms with Gasteiger partial charge in [-0.25, -0.2) is 4.79 Å². The van der Waals surface area contributed by atoms with Crippen LogP contribution in [-0.4, -0.2) is 13.2 Å². The highest BCUT2D eigenvalue weighted by atomic mass is 31.1. The highest BCUT2D eigenvalue weighted by Gasteiger charge is 2.38. The Morgan fingerprint density at radius 3 is 2.29 bits per heavy atom. The number of hydrogen-bond donors (Lipinski definition) is 0. The van der Waals surface area contributed by atoms with Gasteiger partial charge in [0.25, 0.3) is 0 Å². The first-order valence-corrected chi connectivity index (χ1v) is 6.14. The quantitative estimate of drug-likeness (QED) is 0.579. The van der Waals surface area contributed by atoms with Crippen molar-refractivity contribution in [2.24, 2.45) is 0 Å². The fourth-order valence-electron chi connectivity index (χ4n) is 1.43. The van der Waals surface area contributed by atoms with E-state index in [1.807, 2.05) is 0 Å². The van der Waals surface area contributed by atoms with E-state index in [0.717, 1.165) is 0 Å². The van der Waals surface area contributed by atoms with Crippen molar-refractivity contribution in [3.05, 3.63) is 33.9 Å². The van der Waals surface area contributed by atoms with Gasteiger partial charge in [-0.1, -0.05) is 0 Å². The van der Waals surface area contributed by atoms with Crippen molar-refractivity contribution < 1.29 is 18.5 Å². The smallest absolute Gasteiger partial charge is 0.336 e. The van der Waals surface area contributed by atoms with Crippen LogP contribution in [0.25, 0.3) is 0 Å². The SMILES string of the molecule is CCOC(OCC)(P=O)c1cc(C)cc(=O)o1. The lowest BCUT2D eigenvalue weighted by Gasteiger charge is -2.24. The van der Waals surface area contributed by atoms with Gasteiger partial charge in [-0.3, -0.25) is 4.57 Å². The van der Waals surface area contributed by atoms with Crippen LogP contribution in [0.3, 0.4) is 0 Å². The largest absolute Gasteiger partial charge is 0.421 e. The molecule has 0 aromatic carbocycles. The Kier molecular flexibility index (Phi) is 5.00. The Hall–Kier alpha value is -1.03. The third kappa shape index (κ3) is 3.22. The van der Waals surface area contributed by atoms with E-state index in [2.05, 4.69) is 0 Å². The molecule has 1 rings (SSSR count). The van der Waals surface area contributed by atoms with Crippen LogP contribution in [0.1, 0.15) is 25.2 Å². The number of ether oxygens (including phenoxy) is 2. The summed E-state index contributed by atoms with van der Waals surface area (Å²) in [6, 6.07) is 2.92. The average molecular weight is 258 g/mol. The van der Waals surface area contributed by atoms with Gasteiger partial charge in [-0.15, -0.1) is 0 Å². The van der Waals surface area contributed by atoms with Crippen molar-refractivity contribution in [1.82, 2.24) is 0 Å². The van der Waals surface area contributed by atoms with E-state index < -0.39 is 19.6 Å². The van der Waals surface area contributed by atoms with Crippen LogP contribution in [0, 0.1) is 6.92 Å². The van der Waals surface area contributed by atoms with Crippen LogP contribution in [0.5, 0.6) is 0 Å². The first kappa shape index (κ1) is 14.0. The molecule has 1 aromatic rings. The molecule has 0 unspecified atom stereocenters. The zero-order valence-corrected chi connectivity index (χ0v) is 11.0. The standard InChI is InChI=1S/C11H15O5P/c1-4-14-11(17-13,15-5-2)9-6-8(3)7-10(12)16-9/h6-7H,4-5H2,1-3H3. The molecule has 0 N–H and O–H groups in total. The molecule has 0 saturated heterocycles. The molecule has 0 aliphatic heterocycles. The van der Waals surface area contributed by atoms with Crippen molar-refractivity contribution in [3.63, 3.8) is 0 Å². The zero-order chi connectivity index (χ0) is 12.9. The van der Waals surface area contributed by atoms with E-state index in [-0.39, 0.29) is 19.0 Å². The summed E-state index contributed by atoms with van der Waals surface area (Å²) in [6.45, 7) is 5.80. The molecule has 0 spiro atoms. The second-order valence-corrected chi connectivity index (χ2v) is 4.13. The molecule has 17 heavy (non-hydrogen) atoms. The number of aryl methyl sites for hydroxylation is 1. The molecule has 0 fully saturated rings. The van der Waals surface area contributed by atoms with E-state index in [0.29, 0.717) is 5.56 Å². The molecule has 6 heteroatoms. The van der Waals surface area contributed by atoms with Gasteiger partial charge in [0.15, 0.2) is 5.76 Å². The average Bonchev–Trinajstić information content (AvgIpc) is 2.27. The van der Waals surface area contributed by atoms with Crippen molar-refractivity contribution in [2.75, 3.05) is 13.2 Å². The summed E-state index contributed by atoms with van der Waals surface area (Å²) in [5.41, 5.74) is -1.36. The summed E-state index contributed by atoms with van der Waals surface area (Å²) < 4.78 is 27.0. The van der Waals surface area contributed by atoms with Crippen LogP contribution < -0.4 is 5.63 Å². The second-order valence-electron chi connectivity index (χ2n) is 3.36. The van der Waals surface area contributed by atoms with Gasteiger partial charge in [0.05, 0.1) is 0 Å². The minimum atomic E-state index is -1.53. The predicted octanol–water partition coefficient (Wildman–Crippen LogP) is 2.42. The van der Waals surface area contributed by atoms with E-state index >= 15 is 0 Å². The lowest BCUT2D eigenvalue weighted by Crippen LogP contribution is -2.28. The first-order chi connectivity index (χ1) is 8.07. The van der Waals surface area contributed by atoms with E-state index in [9.17, 15) is 9.36 Å². The van der Waals surface area contributed by atoms with Crippen molar-refractivity contribution in [1.29, 1.82) is 0 Å². The molecule has 0 saturated carbocycles. The molecule has 94 valence electrons. The Morgan fingerprint density at radius 1 is 1.29 bits per heavy atom. The molecule has 1 heterocycles. The third-order valence-corrected chi connectivity index (χ3v) is 2.75. The Bertz CT molecular complexity index is 434. The third-order valence-electron chi connectivity index (χ3n) is 2.03. The highest BCUT2D eigenvalue weighted by Crippen LogP contribution is 2.37. The second kappa shape index (κ2) is 6.05. The van der Waals surface area contributed by atoms with Crippen molar-refractivity contribution in [2.45, 2.75) is 26.3 Å². The Morgan fingerprint density at radius 2 is 1.88 bits per heavy atom. The molecule has 1 aromatic heterocycles. The maximum atomic E-state index is 11.3. The molecule has 0 amide bonds. The predicted molar refractivity (Wildman–Crippen MR) is 62.3 cm³/mol. The maximum absolute atomic E-state index is 11.3. The monoisotopic (exact) mass is 258 g/mol. The molecule has 0 aliphatic carbocycles. The molecule has 0 radical (unpaired) electrons. The molecule has 0 atom stereocenters. The van der Waals surface area contributed by atoms with Crippen molar-refractivity contribution >= 4 is 8.46 Å². The van der Waals surface area contributed by atoms with Gasteiger partial charge in [-0.2, -0.15) is 0 Å². The van der Waals surface area contributed by atoms with E-state index in [4.69, 9.17) is 13.9 Å². The minimum Gasteiger partial charge on any atom is -0.421 e. The van der Waals surface area contributed by atoms with Crippen LogP contribution in [-0.2, 0) is 19.6 Å². The fraction of sp³-hybridized carbons (Fsp3) is 0.545. The normalized spacial score (nSPS) is 11.9. The summed E-state index contributed by atoms with van der Waals surface area (Å²) in [7, 11) is -0.407. The summed E-state index contributed by atoms with van der Waals surface area (Å²) in [4.78, 5) is 11.3. The van der Waals surface area contributed by atoms with Gasteiger partial charge in [-0.05, 0) is 32.4 Å². The molecule has 0 aliphatic rings. The summed E-state index contributed by atoms with van der Waals surface area (Å²) in [5, 5.41) is 0. The van der Waals surface area contributed by atoms with Gasteiger partial charge in [0.1, 0.15) is 0 Å².